The molecule has 78 valence electrons. The lowest BCUT2D eigenvalue weighted by atomic mass is 9.96. The molecule has 0 aliphatic carbocycles. The van der Waals surface area contributed by atoms with Crippen LogP contribution in [0.15, 0.2) is 12.7 Å². The second-order valence-electron chi connectivity index (χ2n) is 4.39. The molecule has 0 heteroatoms. The van der Waals surface area contributed by atoms with Gasteiger partial charge in [-0.1, -0.05) is 59.0 Å². The fourth-order valence-corrected chi connectivity index (χ4v) is 1.71. The van der Waals surface area contributed by atoms with Crippen molar-refractivity contribution < 1.29 is 0 Å². The van der Waals surface area contributed by atoms with Crippen molar-refractivity contribution in [1.82, 2.24) is 0 Å². The molecule has 0 N–H and O–H groups in total. The normalized spacial score (nSPS) is 15.3. The summed E-state index contributed by atoms with van der Waals surface area (Å²) in [5.41, 5.74) is 0. The molecule has 0 radical (unpaired) electrons. The van der Waals surface area contributed by atoms with E-state index >= 15 is 0 Å². The molecule has 0 aliphatic rings. The Morgan fingerprint density at radius 3 is 2.23 bits per heavy atom. The van der Waals surface area contributed by atoms with Crippen molar-refractivity contribution in [2.75, 3.05) is 0 Å². The van der Waals surface area contributed by atoms with Crippen molar-refractivity contribution in [1.29, 1.82) is 0 Å². The summed E-state index contributed by atoms with van der Waals surface area (Å²) >= 11 is 0. The Morgan fingerprint density at radius 1 is 1.08 bits per heavy atom. The summed E-state index contributed by atoms with van der Waals surface area (Å²) in [5.74, 6) is 1.64. The lowest BCUT2D eigenvalue weighted by Crippen LogP contribution is -1.95. The summed E-state index contributed by atoms with van der Waals surface area (Å²) in [5, 5.41) is 0. The Balaban J connectivity index is 3.19. The molecule has 0 saturated carbocycles. The molecule has 13 heavy (non-hydrogen) atoms. The Kier molecular flexibility index (Phi) is 8.18. The van der Waals surface area contributed by atoms with Gasteiger partial charge in [0.1, 0.15) is 0 Å². The lowest BCUT2D eigenvalue weighted by Gasteiger charge is -2.10. The predicted molar refractivity (Wildman–Crippen MR) is 61.9 cm³/mol. The van der Waals surface area contributed by atoms with Crippen molar-refractivity contribution in [3.05, 3.63) is 12.7 Å². The van der Waals surface area contributed by atoms with E-state index in [1.165, 1.54) is 38.5 Å². The van der Waals surface area contributed by atoms with Crippen LogP contribution in [0.2, 0.25) is 0 Å². The highest BCUT2D eigenvalue weighted by molar-refractivity contribution is 4.74. The van der Waals surface area contributed by atoms with E-state index in [2.05, 4.69) is 33.4 Å². The third-order valence-electron chi connectivity index (χ3n) is 2.79. The Hall–Kier alpha value is -0.260. The van der Waals surface area contributed by atoms with E-state index in [0.717, 1.165) is 5.92 Å². The fraction of sp³-hybridized carbons (Fsp3) is 0.846. The SMILES string of the molecule is C=CC(C)CCCCC(C)CCC. The first-order chi connectivity index (χ1) is 6.20. The van der Waals surface area contributed by atoms with Crippen LogP contribution in [0.5, 0.6) is 0 Å². The van der Waals surface area contributed by atoms with Gasteiger partial charge in [-0.25, -0.2) is 0 Å². The first kappa shape index (κ1) is 12.7. The van der Waals surface area contributed by atoms with E-state index in [1.807, 2.05) is 0 Å². The molecule has 0 rings (SSSR count). The molecule has 0 nitrogen and oxygen atoms in total. The van der Waals surface area contributed by atoms with Gasteiger partial charge in [-0.15, -0.1) is 6.58 Å². The van der Waals surface area contributed by atoms with Crippen LogP contribution in [-0.4, -0.2) is 0 Å². The van der Waals surface area contributed by atoms with Gasteiger partial charge in [-0.2, -0.15) is 0 Å². The van der Waals surface area contributed by atoms with Crippen LogP contribution in [0.1, 0.15) is 59.3 Å². The molecule has 0 amide bonds. The molecule has 0 aromatic heterocycles. The number of allylic oxidation sites excluding steroid dienone is 1. The highest BCUT2D eigenvalue weighted by Gasteiger charge is 2.01. The molecule has 2 unspecified atom stereocenters. The molecule has 0 spiro atoms. The number of hydrogen-bond donors (Lipinski definition) is 0. The quantitative estimate of drug-likeness (QED) is 0.373. The number of rotatable bonds is 8. The summed E-state index contributed by atoms with van der Waals surface area (Å²) in [6.45, 7) is 10.7. The summed E-state index contributed by atoms with van der Waals surface area (Å²) in [6.07, 6.45) is 10.3. The molecule has 0 saturated heterocycles. The first-order valence-electron chi connectivity index (χ1n) is 5.83. The van der Waals surface area contributed by atoms with Crippen LogP contribution in [0, 0.1) is 11.8 Å². The Bertz CT molecular complexity index is 115. The maximum Gasteiger partial charge on any atom is -0.0265 e. The third-order valence-corrected chi connectivity index (χ3v) is 2.79. The van der Waals surface area contributed by atoms with Crippen LogP contribution >= 0.6 is 0 Å². The van der Waals surface area contributed by atoms with Gasteiger partial charge in [0.05, 0.1) is 0 Å². The Morgan fingerprint density at radius 2 is 1.69 bits per heavy atom. The van der Waals surface area contributed by atoms with Gasteiger partial charge in [-0.3, -0.25) is 0 Å². The zero-order valence-corrected chi connectivity index (χ0v) is 9.68. The number of unbranched alkanes of at least 4 members (excludes halogenated alkanes) is 1. The van der Waals surface area contributed by atoms with E-state index in [-0.39, 0.29) is 0 Å². The van der Waals surface area contributed by atoms with Crippen molar-refractivity contribution in [3.63, 3.8) is 0 Å². The van der Waals surface area contributed by atoms with Crippen LogP contribution in [-0.2, 0) is 0 Å². The topological polar surface area (TPSA) is 0 Å². The summed E-state index contributed by atoms with van der Waals surface area (Å²) < 4.78 is 0. The van der Waals surface area contributed by atoms with Crippen molar-refractivity contribution in [2.24, 2.45) is 11.8 Å². The summed E-state index contributed by atoms with van der Waals surface area (Å²) in [4.78, 5) is 0. The van der Waals surface area contributed by atoms with Gasteiger partial charge in [0, 0.05) is 0 Å². The maximum atomic E-state index is 3.80. The molecule has 0 fully saturated rings. The smallest absolute Gasteiger partial charge is 0.0265 e. The second kappa shape index (κ2) is 8.34. The zero-order valence-electron chi connectivity index (χ0n) is 9.68. The second-order valence-corrected chi connectivity index (χ2v) is 4.39. The molecule has 0 bridgehead atoms. The zero-order chi connectivity index (χ0) is 10.1. The van der Waals surface area contributed by atoms with Gasteiger partial charge >= 0.3 is 0 Å². The third kappa shape index (κ3) is 8.08. The minimum absolute atomic E-state index is 0.710. The average Bonchev–Trinajstić information content (AvgIpc) is 2.12. The highest BCUT2D eigenvalue weighted by atomic mass is 14.1. The minimum atomic E-state index is 0.710. The minimum Gasteiger partial charge on any atom is -0.103 e. The van der Waals surface area contributed by atoms with E-state index in [1.54, 1.807) is 0 Å². The van der Waals surface area contributed by atoms with Crippen LogP contribution in [0.4, 0.5) is 0 Å². The first-order valence-corrected chi connectivity index (χ1v) is 5.83. The monoisotopic (exact) mass is 182 g/mol. The van der Waals surface area contributed by atoms with E-state index < -0.39 is 0 Å². The van der Waals surface area contributed by atoms with Crippen LogP contribution in [0.3, 0.4) is 0 Å². The average molecular weight is 182 g/mol. The van der Waals surface area contributed by atoms with Gasteiger partial charge in [0.15, 0.2) is 0 Å². The van der Waals surface area contributed by atoms with Crippen LogP contribution < -0.4 is 0 Å². The molecular formula is C13H26. The Labute approximate surface area is 84.4 Å². The van der Waals surface area contributed by atoms with Crippen molar-refractivity contribution >= 4 is 0 Å². The molecule has 0 aromatic rings. The number of hydrogen-bond acceptors (Lipinski definition) is 0. The van der Waals surface area contributed by atoms with E-state index in [9.17, 15) is 0 Å². The van der Waals surface area contributed by atoms with Gasteiger partial charge in [-0.05, 0) is 18.3 Å². The molecular weight excluding hydrogens is 156 g/mol. The highest BCUT2D eigenvalue weighted by Crippen LogP contribution is 2.16. The van der Waals surface area contributed by atoms with Gasteiger partial charge < -0.3 is 0 Å². The summed E-state index contributed by atoms with van der Waals surface area (Å²) in [6, 6.07) is 0. The standard InChI is InChI=1S/C13H26/c1-5-9-13(4)11-8-7-10-12(3)6-2/h6,12-13H,2,5,7-11H2,1,3-4H3. The lowest BCUT2D eigenvalue weighted by molar-refractivity contribution is 0.446. The van der Waals surface area contributed by atoms with Crippen LogP contribution in [0.25, 0.3) is 0 Å². The summed E-state index contributed by atoms with van der Waals surface area (Å²) in [7, 11) is 0. The largest absolute Gasteiger partial charge is 0.103 e. The van der Waals surface area contributed by atoms with Gasteiger partial charge in [0.2, 0.25) is 0 Å². The molecule has 0 aromatic carbocycles. The predicted octanol–water partition coefficient (Wildman–Crippen LogP) is 4.81. The fourth-order valence-electron chi connectivity index (χ4n) is 1.71. The molecule has 0 heterocycles. The maximum absolute atomic E-state index is 3.80. The molecule has 0 aliphatic heterocycles. The van der Waals surface area contributed by atoms with Crippen molar-refractivity contribution in [2.45, 2.75) is 59.3 Å². The molecule has 2 atom stereocenters. The van der Waals surface area contributed by atoms with E-state index in [0.29, 0.717) is 5.92 Å². The van der Waals surface area contributed by atoms with Gasteiger partial charge in [0.25, 0.3) is 0 Å². The van der Waals surface area contributed by atoms with Crippen molar-refractivity contribution in [3.8, 4) is 0 Å². The van der Waals surface area contributed by atoms with E-state index in [4.69, 9.17) is 0 Å².